The number of aliphatic hydroxyl groups excluding tert-OH is 1. The maximum Gasteiger partial charge on any atom is 0.266 e. The number of thiophene rings is 1. The molecule has 3 N–H and O–H groups in total. The van der Waals surface area contributed by atoms with E-state index >= 15 is 0 Å². The minimum atomic E-state index is -0.168. The van der Waals surface area contributed by atoms with E-state index in [9.17, 15) is 4.79 Å². The summed E-state index contributed by atoms with van der Waals surface area (Å²) in [5.41, 5.74) is 6.91. The number of hydrogen-bond acceptors (Lipinski definition) is 6. The van der Waals surface area contributed by atoms with Gasteiger partial charge in [0.25, 0.3) is 5.91 Å². The van der Waals surface area contributed by atoms with E-state index in [1.807, 2.05) is 6.92 Å². The second kappa shape index (κ2) is 5.94. The van der Waals surface area contributed by atoms with Crippen molar-refractivity contribution in [2.24, 2.45) is 0 Å². The molecule has 2 aromatic heterocycles. The molecule has 0 spiro atoms. The fourth-order valence-corrected chi connectivity index (χ4v) is 2.84. The molecular formula is C12H16N4O2S. The van der Waals surface area contributed by atoms with Gasteiger partial charge in [-0.15, -0.1) is 11.3 Å². The van der Waals surface area contributed by atoms with Gasteiger partial charge in [0.15, 0.2) is 0 Å². The summed E-state index contributed by atoms with van der Waals surface area (Å²) in [4.78, 5) is 23.4. The average molecular weight is 280 g/mol. The first-order valence-electron chi connectivity index (χ1n) is 6.08. The largest absolute Gasteiger partial charge is 0.396 e. The first kappa shape index (κ1) is 13.7. The van der Waals surface area contributed by atoms with E-state index in [2.05, 4.69) is 9.97 Å². The van der Waals surface area contributed by atoms with Crippen molar-refractivity contribution in [1.82, 2.24) is 14.9 Å². The number of carbonyl (C=O) groups is 1. The Labute approximate surface area is 114 Å². The van der Waals surface area contributed by atoms with Gasteiger partial charge in [0, 0.05) is 25.5 Å². The highest BCUT2D eigenvalue weighted by Crippen LogP contribution is 2.31. The van der Waals surface area contributed by atoms with E-state index in [0.29, 0.717) is 34.0 Å². The van der Waals surface area contributed by atoms with E-state index in [1.54, 1.807) is 17.3 Å². The number of nitrogens with zero attached hydrogens (tertiary/aromatic N) is 3. The van der Waals surface area contributed by atoms with Crippen LogP contribution in [0.25, 0.3) is 10.3 Å². The Morgan fingerprint density at radius 3 is 2.79 bits per heavy atom. The molecule has 0 aliphatic rings. The molecule has 19 heavy (non-hydrogen) atoms. The summed E-state index contributed by atoms with van der Waals surface area (Å²) < 4.78 is 0. The van der Waals surface area contributed by atoms with Crippen LogP contribution in [0.15, 0.2) is 12.4 Å². The van der Waals surface area contributed by atoms with Crippen LogP contribution < -0.4 is 5.73 Å². The smallest absolute Gasteiger partial charge is 0.266 e. The second-order valence-corrected chi connectivity index (χ2v) is 5.07. The summed E-state index contributed by atoms with van der Waals surface area (Å²) in [5.74, 6) is -0.168. The first-order chi connectivity index (χ1) is 9.19. The third-order valence-corrected chi connectivity index (χ3v) is 3.80. The monoisotopic (exact) mass is 280 g/mol. The molecule has 0 bridgehead atoms. The molecule has 6 nitrogen and oxygen atoms in total. The number of nitrogens with two attached hydrogens (primary N) is 1. The molecule has 0 unspecified atom stereocenters. The van der Waals surface area contributed by atoms with Gasteiger partial charge >= 0.3 is 0 Å². The van der Waals surface area contributed by atoms with Crippen LogP contribution >= 0.6 is 11.3 Å². The molecule has 0 aromatic carbocycles. The minimum absolute atomic E-state index is 0.0625. The zero-order valence-corrected chi connectivity index (χ0v) is 11.5. The first-order valence-corrected chi connectivity index (χ1v) is 6.89. The average Bonchev–Trinajstić information content (AvgIpc) is 2.76. The fraction of sp³-hybridized carbons (Fsp3) is 0.417. The molecule has 1 amide bonds. The molecule has 0 aliphatic heterocycles. The maximum atomic E-state index is 12.4. The zero-order chi connectivity index (χ0) is 13.8. The van der Waals surface area contributed by atoms with Crippen LogP contribution in [0, 0.1) is 0 Å². The predicted octanol–water partition coefficient (Wildman–Crippen LogP) is 1.12. The Bertz CT molecular complexity index is 578. The van der Waals surface area contributed by atoms with Crippen LogP contribution in [-0.2, 0) is 0 Å². The topological polar surface area (TPSA) is 92.3 Å². The van der Waals surface area contributed by atoms with Gasteiger partial charge < -0.3 is 15.7 Å². The summed E-state index contributed by atoms with van der Waals surface area (Å²) in [6.07, 6.45) is 3.95. The number of rotatable bonds is 5. The zero-order valence-electron chi connectivity index (χ0n) is 10.7. The molecule has 0 radical (unpaired) electrons. The highest BCUT2D eigenvalue weighted by molar-refractivity contribution is 7.21. The number of carbonyl (C=O) groups excluding carboxylic acids is 1. The lowest BCUT2D eigenvalue weighted by atomic mass is 10.3. The van der Waals surface area contributed by atoms with Gasteiger partial charge in [-0.25, -0.2) is 9.97 Å². The summed E-state index contributed by atoms with van der Waals surface area (Å²) >= 11 is 1.24. The number of amides is 1. The quantitative estimate of drug-likeness (QED) is 0.856. The van der Waals surface area contributed by atoms with Crippen molar-refractivity contribution >= 4 is 33.3 Å². The van der Waals surface area contributed by atoms with Crippen LogP contribution in [0.1, 0.15) is 23.0 Å². The molecule has 0 atom stereocenters. The van der Waals surface area contributed by atoms with Gasteiger partial charge in [0.1, 0.15) is 15.2 Å². The Kier molecular flexibility index (Phi) is 4.28. The second-order valence-electron chi connectivity index (χ2n) is 4.07. The van der Waals surface area contributed by atoms with Gasteiger partial charge in [0.2, 0.25) is 0 Å². The molecule has 2 heterocycles. The normalized spacial score (nSPS) is 10.8. The molecule has 0 saturated carbocycles. The molecule has 0 saturated heterocycles. The van der Waals surface area contributed by atoms with Crippen LogP contribution in [0.5, 0.6) is 0 Å². The van der Waals surface area contributed by atoms with E-state index < -0.39 is 0 Å². The maximum absolute atomic E-state index is 12.4. The summed E-state index contributed by atoms with van der Waals surface area (Å²) in [6.45, 7) is 2.82. The molecule has 0 aliphatic carbocycles. The van der Waals surface area contributed by atoms with Gasteiger partial charge in [-0.2, -0.15) is 0 Å². The van der Waals surface area contributed by atoms with Crippen molar-refractivity contribution in [2.75, 3.05) is 25.4 Å². The van der Waals surface area contributed by atoms with E-state index in [-0.39, 0.29) is 12.5 Å². The Balaban J connectivity index is 2.37. The van der Waals surface area contributed by atoms with Crippen LogP contribution in [0.2, 0.25) is 0 Å². The fourth-order valence-electron chi connectivity index (χ4n) is 1.85. The van der Waals surface area contributed by atoms with E-state index in [4.69, 9.17) is 10.8 Å². The van der Waals surface area contributed by atoms with Gasteiger partial charge in [-0.3, -0.25) is 4.79 Å². The molecule has 7 heteroatoms. The Hall–Kier alpha value is -1.73. The van der Waals surface area contributed by atoms with Crippen molar-refractivity contribution in [3.63, 3.8) is 0 Å². The lowest BCUT2D eigenvalue weighted by Gasteiger charge is -2.20. The number of anilines is 1. The highest BCUT2D eigenvalue weighted by atomic mass is 32.1. The molecule has 2 aromatic rings. The van der Waals surface area contributed by atoms with Crippen molar-refractivity contribution < 1.29 is 9.90 Å². The molecule has 0 fully saturated rings. The van der Waals surface area contributed by atoms with Gasteiger partial charge in [-0.1, -0.05) is 6.92 Å². The Morgan fingerprint density at radius 2 is 2.16 bits per heavy atom. The number of nitrogen functional groups attached to an aromatic ring is 1. The summed E-state index contributed by atoms with van der Waals surface area (Å²) in [5, 5.41) is 9.02. The molecular weight excluding hydrogens is 264 g/mol. The predicted molar refractivity (Wildman–Crippen MR) is 75.1 cm³/mol. The highest BCUT2D eigenvalue weighted by Gasteiger charge is 2.22. The number of hydrogen-bond donors (Lipinski definition) is 2. The summed E-state index contributed by atoms with van der Waals surface area (Å²) in [7, 11) is 0. The SMILES string of the molecule is CCCN(CCO)C(=O)c1sc2nccnc2c1N. The summed E-state index contributed by atoms with van der Waals surface area (Å²) in [6, 6.07) is 0. The molecule has 2 rings (SSSR count). The van der Waals surface area contributed by atoms with Gasteiger partial charge in [-0.05, 0) is 6.42 Å². The van der Waals surface area contributed by atoms with Crippen LogP contribution in [-0.4, -0.2) is 45.6 Å². The Morgan fingerprint density at radius 1 is 1.42 bits per heavy atom. The molecule has 102 valence electrons. The van der Waals surface area contributed by atoms with E-state index in [1.165, 1.54) is 11.3 Å². The standard InChI is InChI=1S/C12H16N4O2S/c1-2-5-16(6-7-17)12(18)10-8(13)9-11(19-10)15-4-3-14-9/h3-4,17H,2,5-7,13H2,1H3. The van der Waals surface area contributed by atoms with Crippen molar-refractivity contribution in [1.29, 1.82) is 0 Å². The number of aliphatic hydroxyl groups is 1. The van der Waals surface area contributed by atoms with Crippen LogP contribution in [0.3, 0.4) is 0 Å². The minimum Gasteiger partial charge on any atom is -0.396 e. The third-order valence-electron chi connectivity index (χ3n) is 2.71. The van der Waals surface area contributed by atoms with Crippen LogP contribution in [0.4, 0.5) is 5.69 Å². The van der Waals surface area contributed by atoms with Gasteiger partial charge in [0.05, 0.1) is 12.3 Å². The lowest BCUT2D eigenvalue weighted by Crippen LogP contribution is -2.34. The lowest BCUT2D eigenvalue weighted by molar-refractivity contribution is 0.0728. The number of aromatic nitrogens is 2. The van der Waals surface area contributed by atoms with Crippen molar-refractivity contribution in [2.45, 2.75) is 13.3 Å². The number of fused-ring (bicyclic) bond motifs is 1. The van der Waals surface area contributed by atoms with Crippen molar-refractivity contribution in [3.05, 3.63) is 17.3 Å². The van der Waals surface area contributed by atoms with Crippen molar-refractivity contribution in [3.8, 4) is 0 Å². The third kappa shape index (κ3) is 2.66. The van der Waals surface area contributed by atoms with E-state index in [0.717, 1.165) is 6.42 Å².